The van der Waals surface area contributed by atoms with Gasteiger partial charge in [0.15, 0.2) is 5.79 Å². The minimum atomic E-state index is -2.27. The molecule has 4 nitrogen and oxygen atoms in total. The summed E-state index contributed by atoms with van der Waals surface area (Å²) in [5.41, 5.74) is -0.552. The number of rotatable bonds is 10. The molecule has 4 heteroatoms. The Balaban J connectivity index is 3.66. The Kier molecular flexibility index (Phi) is 7.83. The van der Waals surface area contributed by atoms with Crippen molar-refractivity contribution in [3.63, 3.8) is 0 Å². The Labute approximate surface area is 103 Å². The second kappa shape index (κ2) is 8.25. The molecule has 0 saturated carbocycles. The van der Waals surface area contributed by atoms with E-state index >= 15 is 0 Å². The van der Waals surface area contributed by atoms with E-state index < -0.39 is 17.3 Å². The molecule has 0 radical (unpaired) electrons. The summed E-state index contributed by atoms with van der Waals surface area (Å²) in [6, 6.07) is 0. The fourth-order valence-corrected chi connectivity index (χ4v) is 1.65. The quantitative estimate of drug-likeness (QED) is 0.313. The van der Waals surface area contributed by atoms with E-state index in [1.54, 1.807) is 0 Å². The molecular formula is C13H24O4. The maximum Gasteiger partial charge on any atom is 0.336 e. The first-order chi connectivity index (χ1) is 7.91. The van der Waals surface area contributed by atoms with Crippen LogP contribution in [0.2, 0.25) is 0 Å². The summed E-state index contributed by atoms with van der Waals surface area (Å²) < 4.78 is 0. The summed E-state index contributed by atoms with van der Waals surface area (Å²) in [5, 5.41) is 27.5. The second-order valence-electron chi connectivity index (χ2n) is 4.47. The van der Waals surface area contributed by atoms with E-state index in [9.17, 15) is 15.0 Å². The molecule has 0 aliphatic rings. The van der Waals surface area contributed by atoms with Crippen molar-refractivity contribution >= 4 is 5.97 Å². The van der Waals surface area contributed by atoms with Gasteiger partial charge in [-0.15, -0.1) is 0 Å². The van der Waals surface area contributed by atoms with Gasteiger partial charge in [-0.25, -0.2) is 4.79 Å². The molecule has 17 heavy (non-hydrogen) atoms. The van der Waals surface area contributed by atoms with E-state index in [1.165, 1.54) is 19.3 Å². The molecule has 0 aromatic heterocycles. The largest absolute Gasteiger partial charge is 0.478 e. The lowest BCUT2D eigenvalue weighted by atomic mass is 9.99. The van der Waals surface area contributed by atoms with Crippen molar-refractivity contribution in [2.24, 2.45) is 0 Å². The molecule has 0 unspecified atom stereocenters. The van der Waals surface area contributed by atoms with Gasteiger partial charge in [0.25, 0.3) is 0 Å². The zero-order valence-corrected chi connectivity index (χ0v) is 10.6. The van der Waals surface area contributed by atoms with Crippen LogP contribution in [0.3, 0.4) is 0 Å². The van der Waals surface area contributed by atoms with Crippen LogP contribution < -0.4 is 0 Å². The van der Waals surface area contributed by atoms with Gasteiger partial charge in [0.1, 0.15) is 0 Å². The lowest BCUT2D eigenvalue weighted by Gasteiger charge is -2.21. The van der Waals surface area contributed by atoms with Gasteiger partial charge in [-0.05, 0) is 6.42 Å². The Bertz CT molecular complexity index is 246. The number of carboxylic acids is 1. The minimum absolute atomic E-state index is 0.0336. The molecule has 0 aromatic carbocycles. The highest BCUT2D eigenvalue weighted by Crippen LogP contribution is 2.20. The van der Waals surface area contributed by atoms with Gasteiger partial charge in [0.05, 0.1) is 5.57 Å². The number of carbonyl (C=O) groups is 1. The van der Waals surface area contributed by atoms with Gasteiger partial charge in [-0.2, -0.15) is 0 Å². The fourth-order valence-electron chi connectivity index (χ4n) is 1.65. The zero-order chi connectivity index (χ0) is 13.3. The Hall–Kier alpha value is -0.870. The highest BCUT2D eigenvalue weighted by molar-refractivity contribution is 5.87. The van der Waals surface area contributed by atoms with Crippen molar-refractivity contribution in [3.8, 4) is 0 Å². The molecule has 0 aliphatic heterocycles. The summed E-state index contributed by atoms with van der Waals surface area (Å²) in [6.07, 6.45) is 7.38. The van der Waals surface area contributed by atoms with Crippen molar-refractivity contribution in [3.05, 3.63) is 12.2 Å². The first-order valence-electron chi connectivity index (χ1n) is 6.29. The van der Waals surface area contributed by atoms with Crippen molar-refractivity contribution in [2.75, 3.05) is 0 Å². The molecule has 0 saturated heterocycles. The van der Waals surface area contributed by atoms with Gasteiger partial charge >= 0.3 is 5.97 Å². The third-order valence-corrected chi connectivity index (χ3v) is 2.87. The number of aliphatic hydroxyl groups is 2. The van der Waals surface area contributed by atoms with Crippen LogP contribution in [0, 0.1) is 0 Å². The van der Waals surface area contributed by atoms with Crippen LogP contribution >= 0.6 is 0 Å². The molecule has 0 aromatic rings. The van der Waals surface area contributed by atoms with Crippen LogP contribution in [0.25, 0.3) is 0 Å². The monoisotopic (exact) mass is 244 g/mol. The highest BCUT2D eigenvalue weighted by atomic mass is 16.5. The Morgan fingerprint density at radius 1 is 1.06 bits per heavy atom. The van der Waals surface area contributed by atoms with E-state index in [4.69, 9.17) is 5.11 Å². The SMILES string of the molecule is C=C(C(=O)O)C(O)(O)CCCCCCCCC. The van der Waals surface area contributed by atoms with E-state index in [-0.39, 0.29) is 6.42 Å². The average molecular weight is 244 g/mol. The summed E-state index contributed by atoms with van der Waals surface area (Å²) in [5.74, 6) is -3.63. The predicted molar refractivity (Wildman–Crippen MR) is 66.6 cm³/mol. The topological polar surface area (TPSA) is 77.8 Å². The number of aliphatic carboxylic acids is 1. The molecule has 0 fully saturated rings. The number of carboxylic acid groups (broad SMARTS) is 1. The third-order valence-electron chi connectivity index (χ3n) is 2.87. The van der Waals surface area contributed by atoms with Crippen LogP contribution in [0.5, 0.6) is 0 Å². The number of unbranched alkanes of at least 4 members (excludes halogenated alkanes) is 6. The number of hydrogen-bond acceptors (Lipinski definition) is 3. The van der Waals surface area contributed by atoms with E-state index in [2.05, 4.69) is 13.5 Å². The summed E-state index contributed by atoms with van der Waals surface area (Å²) >= 11 is 0. The van der Waals surface area contributed by atoms with E-state index in [0.717, 1.165) is 19.3 Å². The van der Waals surface area contributed by atoms with Gasteiger partial charge in [0.2, 0.25) is 0 Å². The molecule has 0 amide bonds. The second-order valence-corrected chi connectivity index (χ2v) is 4.47. The maximum absolute atomic E-state index is 10.5. The molecule has 0 heterocycles. The fraction of sp³-hybridized carbons (Fsp3) is 0.769. The van der Waals surface area contributed by atoms with Gasteiger partial charge in [-0.1, -0.05) is 52.0 Å². The highest BCUT2D eigenvalue weighted by Gasteiger charge is 2.30. The standard InChI is InChI=1S/C13H24O4/c1-3-4-5-6-7-8-9-10-13(16,17)11(2)12(14)15/h16-17H,2-10H2,1H3,(H,14,15). The van der Waals surface area contributed by atoms with E-state index in [0.29, 0.717) is 6.42 Å². The van der Waals surface area contributed by atoms with Crippen molar-refractivity contribution < 1.29 is 20.1 Å². The van der Waals surface area contributed by atoms with Gasteiger partial charge in [0, 0.05) is 6.42 Å². The Morgan fingerprint density at radius 3 is 2.00 bits per heavy atom. The van der Waals surface area contributed by atoms with Crippen molar-refractivity contribution in [1.82, 2.24) is 0 Å². The summed E-state index contributed by atoms with van der Waals surface area (Å²) in [7, 11) is 0. The predicted octanol–water partition coefficient (Wildman–Crippen LogP) is 2.45. The van der Waals surface area contributed by atoms with E-state index in [1.807, 2.05) is 0 Å². The summed E-state index contributed by atoms with van der Waals surface area (Å²) in [4.78, 5) is 10.5. The number of hydrogen-bond donors (Lipinski definition) is 3. The first kappa shape index (κ1) is 16.1. The Morgan fingerprint density at radius 2 is 1.53 bits per heavy atom. The normalized spacial score (nSPS) is 11.5. The van der Waals surface area contributed by atoms with Gasteiger partial charge < -0.3 is 15.3 Å². The van der Waals surface area contributed by atoms with Crippen LogP contribution in [-0.2, 0) is 4.79 Å². The molecule has 0 spiro atoms. The van der Waals surface area contributed by atoms with Crippen molar-refractivity contribution in [2.45, 2.75) is 64.1 Å². The molecule has 0 rings (SSSR count). The van der Waals surface area contributed by atoms with Crippen LogP contribution in [-0.4, -0.2) is 27.1 Å². The first-order valence-corrected chi connectivity index (χ1v) is 6.29. The lowest BCUT2D eigenvalue weighted by molar-refractivity contribution is -0.156. The van der Waals surface area contributed by atoms with Gasteiger partial charge in [-0.3, -0.25) is 0 Å². The van der Waals surface area contributed by atoms with Crippen molar-refractivity contribution in [1.29, 1.82) is 0 Å². The van der Waals surface area contributed by atoms with Crippen LogP contribution in [0.4, 0.5) is 0 Å². The lowest BCUT2D eigenvalue weighted by Crippen LogP contribution is -2.33. The smallest absolute Gasteiger partial charge is 0.336 e. The molecule has 0 bridgehead atoms. The maximum atomic E-state index is 10.5. The molecule has 0 atom stereocenters. The van der Waals surface area contributed by atoms with Crippen LogP contribution in [0.1, 0.15) is 58.3 Å². The molecule has 100 valence electrons. The third kappa shape index (κ3) is 7.13. The minimum Gasteiger partial charge on any atom is -0.478 e. The average Bonchev–Trinajstić information content (AvgIpc) is 2.26. The van der Waals surface area contributed by atoms with Crippen LogP contribution in [0.15, 0.2) is 12.2 Å². The molecule has 3 N–H and O–H groups in total. The zero-order valence-electron chi connectivity index (χ0n) is 10.6. The molecule has 0 aliphatic carbocycles. The summed E-state index contributed by atoms with van der Waals surface area (Å²) in [6.45, 7) is 5.32. The molecular weight excluding hydrogens is 220 g/mol.